The summed E-state index contributed by atoms with van der Waals surface area (Å²) in [5.74, 6) is 2.76. The zero-order valence-electron chi connectivity index (χ0n) is 17.9. The normalized spacial score (nSPS) is 20.8. The predicted molar refractivity (Wildman–Crippen MR) is 116 cm³/mol. The van der Waals surface area contributed by atoms with Gasteiger partial charge in [0.25, 0.3) is 0 Å². The topological polar surface area (TPSA) is 60.4 Å². The SMILES string of the molecule is COc1cc2c3c(c4cc(OC)c(OC)cc4c2cc1OC)C[C@]1(O)CCCN1C3. The van der Waals surface area contributed by atoms with Crippen molar-refractivity contribution in [3.63, 3.8) is 0 Å². The summed E-state index contributed by atoms with van der Waals surface area (Å²) in [7, 11) is 6.60. The number of fused-ring (bicyclic) bond motifs is 7. The van der Waals surface area contributed by atoms with E-state index in [2.05, 4.69) is 11.0 Å². The molecule has 1 atom stereocenters. The van der Waals surface area contributed by atoms with Crippen LogP contribution in [0.15, 0.2) is 24.3 Å². The third-order valence-electron chi connectivity index (χ3n) is 6.75. The molecule has 0 spiro atoms. The first-order valence-electron chi connectivity index (χ1n) is 10.3. The molecule has 0 saturated carbocycles. The highest BCUT2D eigenvalue weighted by atomic mass is 16.5. The minimum absolute atomic E-state index is 0.596. The first kappa shape index (κ1) is 19.3. The van der Waals surface area contributed by atoms with E-state index in [1.54, 1.807) is 28.4 Å². The smallest absolute Gasteiger partial charge is 0.161 e. The lowest BCUT2D eigenvalue weighted by Gasteiger charge is -2.40. The van der Waals surface area contributed by atoms with Crippen LogP contribution in [-0.4, -0.2) is 50.7 Å². The highest BCUT2D eigenvalue weighted by molar-refractivity contribution is 6.13. The molecule has 1 saturated heterocycles. The summed E-state index contributed by atoms with van der Waals surface area (Å²) >= 11 is 0. The Bertz CT molecular complexity index is 1160. The molecule has 5 rings (SSSR count). The van der Waals surface area contributed by atoms with Gasteiger partial charge >= 0.3 is 0 Å². The molecule has 0 bridgehead atoms. The number of nitrogens with zero attached hydrogens (tertiary/aromatic N) is 1. The maximum absolute atomic E-state index is 11.3. The fourth-order valence-electron chi connectivity index (χ4n) is 5.23. The lowest BCUT2D eigenvalue weighted by Crippen LogP contribution is -2.48. The van der Waals surface area contributed by atoms with Crippen molar-refractivity contribution in [2.75, 3.05) is 35.0 Å². The number of methoxy groups -OCH3 is 4. The molecule has 158 valence electrons. The zero-order valence-corrected chi connectivity index (χ0v) is 17.9. The van der Waals surface area contributed by atoms with Crippen LogP contribution in [0.5, 0.6) is 23.0 Å². The average Bonchev–Trinajstić information content (AvgIpc) is 3.16. The van der Waals surface area contributed by atoms with Gasteiger partial charge in [-0.05, 0) is 69.8 Å². The fourth-order valence-corrected chi connectivity index (χ4v) is 5.23. The van der Waals surface area contributed by atoms with Gasteiger partial charge in [-0.25, -0.2) is 0 Å². The van der Waals surface area contributed by atoms with E-state index in [9.17, 15) is 5.11 Å². The first-order chi connectivity index (χ1) is 14.5. The summed E-state index contributed by atoms with van der Waals surface area (Å²) in [6, 6.07) is 8.15. The van der Waals surface area contributed by atoms with Gasteiger partial charge in [0.15, 0.2) is 23.0 Å². The van der Waals surface area contributed by atoms with Gasteiger partial charge < -0.3 is 24.1 Å². The van der Waals surface area contributed by atoms with Crippen molar-refractivity contribution in [2.45, 2.75) is 31.5 Å². The Morgan fingerprint density at radius 3 is 1.70 bits per heavy atom. The van der Waals surface area contributed by atoms with Crippen LogP contribution in [0.2, 0.25) is 0 Å². The number of ether oxygens (including phenoxy) is 4. The Kier molecular flexibility index (Phi) is 4.45. The maximum Gasteiger partial charge on any atom is 0.161 e. The van der Waals surface area contributed by atoms with Crippen LogP contribution >= 0.6 is 0 Å². The molecule has 1 fully saturated rings. The van der Waals surface area contributed by atoms with Gasteiger partial charge in [0.05, 0.1) is 28.4 Å². The minimum atomic E-state index is -0.780. The van der Waals surface area contributed by atoms with Crippen molar-refractivity contribution in [3.05, 3.63) is 35.4 Å². The Hall–Kier alpha value is -2.70. The van der Waals surface area contributed by atoms with Crippen LogP contribution in [0.3, 0.4) is 0 Å². The summed E-state index contributed by atoms with van der Waals surface area (Å²) in [5.41, 5.74) is 1.63. The molecule has 2 aliphatic heterocycles. The molecule has 2 heterocycles. The van der Waals surface area contributed by atoms with Crippen molar-refractivity contribution >= 4 is 21.5 Å². The molecule has 0 aliphatic carbocycles. The molecule has 1 N–H and O–H groups in total. The Balaban J connectivity index is 1.91. The lowest BCUT2D eigenvalue weighted by molar-refractivity contribution is -0.0910. The lowest BCUT2D eigenvalue weighted by atomic mass is 9.83. The van der Waals surface area contributed by atoms with E-state index >= 15 is 0 Å². The summed E-state index contributed by atoms with van der Waals surface area (Å²) in [6.45, 7) is 1.62. The quantitative estimate of drug-likeness (QED) is 0.660. The molecule has 6 nitrogen and oxygen atoms in total. The van der Waals surface area contributed by atoms with E-state index in [1.165, 1.54) is 11.1 Å². The van der Waals surface area contributed by atoms with Crippen LogP contribution in [0, 0.1) is 0 Å². The van der Waals surface area contributed by atoms with E-state index in [4.69, 9.17) is 18.9 Å². The van der Waals surface area contributed by atoms with Crippen molar-refractivity contribution in [2.24, 2.45) is 0 Å². The Morgan fingerprint density at radius 2 is 1.20 bits per heavy atom. The van der Waals surface area contributed by atoms with Crippen molar-refractivity contribution in [3.8, 4) is 23.0 Å². The molecule has 0 aromatic heterocycles. The standard InChI is InChI=1S/C24H27NO5/c1-27-20-8-14-15-9-21(28-2)23(30-4)11-17(15)19-13-25-7-5-6-24(25,26)12-18(19)16(14)10-22(20)29-3/h8-11,26H,5-7,12-13H2,1-4H3/t24-/m1/s1. The number of hydrogen-bond donors (Lipinski definition) is 1. The number of rotatable bonds is 4. The number of benzene rings is 3. The Labute approximate surface area is 175 Å². The van der Waals surface area contributed by atoms with Gasteiger partial charge in [0, 0.05) is 19.5 Å². The Morgan fingerprint density at radius 1 is 0.733 bits per heavy atom. The summed E-state index contributed by atoms with van der Waals surface area (Å²) < 4.78 is 22.4. The second kappa shape index (κ2) is 6.93. The molecule has 0 unspecified atom stereocenters. The second-order valence-electron chi connectivity index (χ2n) is 8.15. The summed E-state index contributed by atoms with van der Waals surface area (Å²) in [5, 5.41) is 15.7. The van der Waals surface area contributed by atoms with E-state index < -0.39 is 5.72 Å². The van der Waals surface area contributed by atoms with Crippen LogP contribution in [0.1, 0.15) is 24.0 Å². The third-order valence-corrected chi connectivity index (χ3v) is 6.75. The van der Waals surface area contributed by atoms with Gasteiger partial charge in [-0.1, -0.05) is 0 Å². The third kappa shape index (κ3) is 2.63. The van der Waals surface area contributed by atoms with Crippen molar-refractivity contribution < 1.29 is 24.1 Å². The molecule has 3 aromatic carbocycles. The van der Waals surface area contributed by atoms with Crippen molar-refractivity contribution in [1.82, 2.24) is 4.90 Å². The van der Waals surface area contributed by atoms with Crippen molar-refractivity contribution in [1.29, 1.82) is 0 Å². The molecule has 0 radical (unpaired) electrons. The van der Waals surface area contributed by atoms with E-state index in [1.807, 2.05) is 18.2 Å². The monoisotopic (exact) mass is 409 g/mol. The highest BCUT2D eigenvalue weighted by Gasteiger charge is 2.43. The molecule has 0 amide bonds. The second-order valence-corrected chi connectivity index (χ2v) is 8.15. The maximum atomic E-state index is 11.3. The van der Waals surface area contributed by atoms with Gasteiger partial charge in [-0.3, -0.25) is 4.90 Å². The van der Waals surface area contributed by atoms with Gasteiger partial charge in [0.2, 0.25) is 0 Å². The molecule has 2 aliphatic rings. The predicted octanol–water partition coefficient (Wildman–Crippen LogP) is 3.87. The minimum Gasteiger partial charge on any atom is -0.493 e. The molecular formula is C24H27NO5. The molecule has 3 aromatic rings. The first-order valence-corrected chi connectivity index (χ1v) is 10.3. The summed E-state index contributed by atoms with van der Waals surface area (Å²) in [6.07, 6.45) is 2.40. The molecule has 6 heteroatoms. The van der Waals surface area contributed by atoms with Crippen LogP contribution in [0.4, 0.5) is 0 Å². The van der Waals surface area contributed by atoms with E-state index in [-0.39, 0.29) is 0 Å². The highest BCUT2D eigenvalue weighted by Crippen LogP contribution is 2.47. The molecule has 30 heavy (non-hydrogen) atoms. The van der Waals surface area contributed by atoms with Crippen LogP contribution < -0.4 is 18.9 Å². The molecular weight excluding hydrogens is 382 g/mol. The fraction of sp³-hybridized carbons (Fsp3) is 0.417. The van der Waals surface area contributed by atoms with Gasteiger partial charge in [0.1, 0.15) is 5.72 Å². The number of hydrogen-bond acceptors (Lipinski definition) is 6. The largest absolute Gasteiger partial charge is 0.493 e. The van der Waals surface area contributed by atoms with E-state index in [0.29, 0.717) is 36.0 Å². The van der Waals surface area contributed by atoms with Gasteiger partial charge in [-0.15, -0.1) is 0 Å². The summed E-state index contributed by atoms with van der Waals surface area (Å²) in [4.78, 5) is 2.21. The van der Waals surface area contributed by atoms with E-state index in [0.717, 1.165) is 40.9 Å². The van der Waals surface area contributed by atoms with Crippen LogP contribution in [0.25, 0.3) is 21.5 Å². The zero-order chi connectivity index (χ0) is 21.0. The number of aliphatic hydroxyl groups is 1. The average molecular weight is 409 g/mol. The van der Waals surface area contributed by atoms with Crippen LogP contribution in [-0.2, 0) is 13.0 Å². The van der Waals surface area contributed by atoms with Gasteiger partial charge in [-0.2, -0.15) is 0 Å².